The van der Waals surface area contributed by atoms with E-state index in [0.29, 0.717) is 42.8 Å². The Kier molecular flexibility index (Phi) is 6.47. The normalized spacial score (nSPS) is 11.6. The maximum absolute atomic E-state index is 6.01. The van der Waals surface area contributed by atoms with Gasteiger partial charge in [0, 0.05) is 12.4 Å². The van der Waals surface area contributed by atoms with Crippen LogP contribution in [-0.2, 0) is 0 Å². The summed E-state index contributed by atoms with van der Waals surface area (Å²) >= 11 is 24.1. The van der Waals surface area contributed by atoms with Crippen LogP contribution in [0, 0.1) is 0 Å². The lowest BCUT2D eigenvalue weighted by molar-refractivity contribution is 1.51. The Labute approximate surface area is 182 Å². The highest BCUT2D eigenvalue weighted by Crippen LogP contribution is 2.33. The monoisotopic (exact) mass is 450 g/mol. The van der Waals surface area contributed by atoms with E-state index in [1.54, 1.807) is 36.7 Å². The molecule has 0 atom stereocenters. The number of benzene rings is 3. The number of hydrogen-bond acceptors (Lipinski definition) is 4. The summed E-state index contributed by atoms with van der Waals surface area (Å²) in [5, 5.41) is 1.48. The first kappa shape index (κ1) is 20.5. The fourth-order valence-electron chi connectivity index (χ4n) is 2.26. The number of halogens is 4. The molecule has 4 N–H and O–H groups in total. The van der Waals surface area contributed by atoms with Crippen molar-refractivity contribution in [1.82, 2.24) is 0 Å². The standard InChI is InChI=1S/C20H14Cl4N4/c21-15-5-13(6-16(22)19(15)25)27-9-11-1-2-12(4-3-11)10-28-14-7-17(23)20(26)18(24)8-14/h1-10H,25-26H2. The zero-order valence-corrected chi connectivity index (χ0v) is 17.4. The molecule has 3 rings (SSSR count). The molecule has 0 aliphatic carbocycles. The Morgan fingerprint density at radius 3 is 1.14 bits per heavy atom. The third kappa shape index (κ3) is 4.97. The van der Waals surface area contributed by atoms with Crippen LogP contribution >= 0.6 is 46.4 Å². The maximum atomic E-state index is 6.01. The molecule has 0 fully saturated rings. The van der Waals surface area contributed by atoms with Crippen molar-refractivity contribution in [3.63, 3.8) is 0 Å². The predicted octanol–water partition coefficient (Wildman–Crippen LogP) is 6.97. The molecule has 0 radical (unpaired) electrons. The molecule has 0 aromatic heterocycles. The van der Waals surface area contributed by atoms with E-state index in [2.05, 4.69) is 9.98 Å². The van der Waals surface area contributed by atoms with E-state index in [1.807, 2.05) is 24.3 Å². The molecule has 3 aromatic carbocycles. The highest BCUT2D eigenvalue weighted by atomic mass is 35.5. The number of nitrogens with zero attached hydrogens (tertiary/aromatic N) is 2. The maximum Gasteiger partial charge on any atom is 0.0694 e. The van der Waals surface area contributed by atoms with Crippen LogP contribution in [0.1, 0.15) is 11.1 Å². The van der Waals surface area contributed by atoms with Gasteiger partial charge in [0.05, 0.1) is 42.8 Å². The molecule has 0 unspecified atom stereocenters. The van der Waals surface area contributed by atoms with Gasteiger partial charge in [0.1, 0.15) is 0 Å². The van der Waals surface area contributed by atoms with Crippen LogP contribution in [0.2, 0.25) is 20.1 Å². The molecule has 3 aromatic rings. The molecule has 0 saturated carbocycles. The molecule has 0 heterocycles. The molecule has 0 amide bonds. The molecule has 8 heteroatoms. The van der Waals surface area contributed by atoms with E-state index in [0.717, 1.165) is 11.1 Å². The van der Waals surface area contributed by atoms with Crippen molar-refractivity contribution in [1.29, 1.82) is 0 Å². The van der Waals surface area contributed by atoms with Crippen LogP contribution in [0.15, 0.2) is 58.5 Å². The molecule has 142 valence electrons. The minimum absolute atomic E-state index is 0.342. The lowest BCUT2D eigenvalue weighted by atomic mass is 10.1. The van der Waals surface area contributed by atoms with E-state index < -0.39 is 0 Å². The Morgan fingerprint density at radius 1 is 0.571 bits per heavy atom. The average molecular weight is 452 g/mol. The molecule has 0 aliphatic heterocycles. The van der Waals surface area contributed by atoms with Crippen molar-refractivity contribution in [3.05, 3.63) is 79.7 Å². The van der Waals surface area contributed by atoms with E-state index in [4.69, 9.17) is 57.9 Å². The third-order valence-electron chi connectivity index (χ3n) is 3.79. The number of nitrogen functional groups attached to an aromatic ring is 2. The minimum atomic E-state index is 0.342. The van der Waals surface area contributed by atoms with Gasteiger partial charge in [0.25, 0.3) is 0 Å². The van der Waals surface area contributed by atoms with Gasteiger partial charge in [-0.25, -0.2) is 0 Å². The lowest BCUT2D eigenvalue weighted by Gasteiger charge is -2.03. The van der Waals surface area contributed by atoms with E-state index >= 15 is 0 Å². The summed E-state index contributed by atoms with van der Waals surface area (Å²) in [7, 11) is 0. The van der Waals surface area contributed by atoms with Crippen LogP contribution in [0.3, 0.4) is 0 Å². The summed E-state index contributed by atoms with van der Waals surface area (Å²) in [5.74, 6) is 0. The van der Waals surface area contributed by atoms with E-state index in [1.165, 1.54) is 0 Å². The van der Waals surface area contributed by atoms with Crippen LogP contribution in [0.5, 0.6) is 0 Å². The highest BCUT2D eigenvalue weighted by Gasteiger charge is 2.04. The van der Waals surface area contributed by atoms with Crippen LogP contribution in [0.25, 0.3) is 0 Å². The smallest absolute Gasteiger partial charge is 0.0694 e. The number of nitrogens with two attached hydrogens (primary N) is 2. The first-order valence-electron chi connectivity index (χ1n) is 8.01. The quantitative estimate of drug-likeness (QED) is 0.332. The van der Waals surface area contributed by atoms with Gasteiger partial charge in [-0.15, -0.1) is 0 Å². The topological polar surface area (TPSA) is 76.8 Å². The number of hydrogen-bond donors (Lipinski definition) is 2. The summed E-state index contributed by atoms with van der Waals surface area (Å²) in [4.78, 5) is 8.73. The lowest BCUT2D eigenvalue weighted by Crippen LogP contribution is -1.88. The van der Waals surface area contributed by atoms with Gasteiger partial charge in [-0.3, -0.25) is 9.98 Å². The molecule has 0 aliphatic rings. The fraction of sp³-hybridized carbons (Fsp3) is 0. The molecule has 28 heavy (non-hydrogen) atoms. The second-order valence-electron chi connectivity index (χ2n) is 5.83. The zero-order chi connectivity index (χ0) is 20.3. The van der Waals surface area contributed by atoms with Gasteiger partial charge in [-0.1, -0.05) is 70.7 Å². The first-order valence-corrected chi connectivity index (χ1v) is 9.52. The van der Waals surface area contributed by atoms with Crippen molar-refractivity contribution >= 4 is 81.6 Å². The fourth-order valence-corrected chi connectivity index (χ4v) is 3.21. The van der Waals surface area contributed by atoms with Crippen LogP contribution < -0.4 is 11.5 Å². The Balaban J connectivity index is 1.73. The Morgan fingerprint density at radius 2 is 0.857 bits per heavy atom. The van der Waals surface area contributed by atoms with Crippen LogP contribution in [0.4, 0.5) is 22.7 Å². The van der Waals surface area contributed by atoms with Gasteiger partial charge in [-0.2, -0.15) is 0 Å². The summed E-state index contributed by atoms with van der Waals surface area (Å²) in [6.45, 7) is 0. The van der Waals surface area contributed by atoms with Gasteiger partial charge in [-0.05, 0) is 35.4 Å². The van der Waals surface area contributed by atoms with Gasteiger partial charge in [0.2, 0.25) is 0 Å². The summed E-state index contributed by atoms with van der Waals surface area (Å²) in [5.41, 5.74) is 15.2. The second-order valence-corrected chi connectivity index (χ2v) is 7.46. The molecular formula is C20H14Cl4N4. The second kappa shape index (κ2) is 8.84. The Bertz CT molecular complexity index is 944. The molecule has 0 saturated heterocycles. The molecule has 0 bridgehead atoms. The largest absolute Gasteiger partial charge is 0.396 e. The molecule has 4 nitrogen and oxygen atoms in total. The van der Waals surface area contributed by atoms with Crippen LogP contribution in [-0.4, -0.2) is 12.4 Å². The van der Waals surface area contributed by atoms with Crippen molar-refractivity contribution in [2.24, 2.45) is 9.98 Å². The van der Waals surface area contributed by atoms with Crippen molar-refractivity contribution in [2.75, 3.05) is 11.5 Å². The first-order chi connectivity index (χ1) is 13.3. The molecular weight excluding hydrogens is 438 g/mol. The number of rotatable bonds is 4. The highest BCUT2D eigenvalue weighted by molar-refractivity contribution is 6.39. The van der Waals surface area contributed by atoms with E-state index in [-0.39, 0.29) is 0 Å². The van der Waals surface area contributed by atoms with Crippen molar-refractivity contribution in [2.45, 2.75) is 0 Å². The predicted molar refractivity (Wildman–Crippen MR) is 123 cm³/mol. The summed E-state index contributed by atoms with van der Waals surface area (Å²) in [6.07, 6.45) is 3.41. The van der Waals surface area contributed by atoms with Gasteiger partial charge < -0.3 is 11.5 Å². The summed E-state index contributed by atoms with van der Waals surface area (Å²) in [6, 6.07) is 14.3. The summed E-state index contributed by atoms with van der Waals surface area (Å²) < 4.78 is 0. The Hall–Kier alpha value is -2.24. The molecule has 0 spiro atoms. The minimum Gasteiger partial charge on any atom is -0.396 e. The van der Waals surface area contributed by atoms with Gasteiger partial charge in [0.15, 0.2) is 0 Å². The average Bonchev–Trinajstić information content (AvgIpc) is 2.67. The van der Waals surface area contributed by atoms with Crippen molar-refractivity contribution in [3.8, 4) is 0 Å². The van der Waals surface area contributed by atoms with E-state index in [9.17, 15) is 0 Å². The number of anilines is 2. The third-order valence-corrected chi connectivity index (χ3v) is 5.04. The number of aliphatic imine (C=N–C) groups is 2. The SMILES string of the molecule is Nc1c(Cl)cc(N=Cc2ccc(C=Nc3cc(Cl)c(N)c(Cl)c3)cc2)cc1Cl. The van der Waals surface area contributed by atoms with Crippen molar-refractivity contribution < 1.29 is 0 Å². The zero-order valence-electron chi connectivity index (χ0n) is 14.3. The van der Waals surface area contributed by atoms with Gasteiger partial charge >= 0.3 is 0 Å².